The van der Waals surface area contributed by atoms with E-state index in [1.54, 1.807) is 24.3 Å². The standard InChI is InChI=1S/C29H34ClN3O5S/c1-4-27(29(35)31-3)32(20-19-22-9-7-6-8-10-22)28(34)21-33(24-13-15-25(16-14-24)38-5-2)39(36,37)26-17-11-23(30)12-18-26/h6-18,27H,4-5,19-21H2,1-3H3,(H,31,35)/t27-/m0/s1. The van der Waals surface area contributed by atoms with Crippen LogP contribution in [0.1, 0.15) is 25.8 Å². The first-order valence-corrected chi connectivity index (χ1v) is 14.6. The smallest absolute Gasteiger partial charge is 0.264 e. The molecule has 3 aromatic rings. The fourth-order valence-corrected chi connectivity index (χ4v) is 5.74. The Hall–Kier alpha value is -3.56. The van der Waals surface area contributed by atoms with Crippen LogP contribution in [0.2, 0.25) is 5.02 Å². The highest BCUT2D eigenvalue weighted by Crippen LogP contribution is 2.27. The summed E-state index contributed by atoms with van der Waals surface area (Å²) in [6, 6.07) is 21.1. The minimum atomic E-state index is -4.16. The Morgan fingerprint density at radius 2 is 1.59 bits per heavy atom. The molecule has 0 radical (unpaired) electrons. The maximum atomic E-state index is 13.9. The third-order valence-electron chi connectivity index (χ3n) is 6.23. The number of benzene rings is 3. The van der Waals surface area contributed by atoms with Crippen LogP contribution in [-0.4, -0.2) is 57.9 Å². The lowest BCUT2D eigenvalue weighted by atomic mass is 10.1. The lowest BCUT2D eigenvalue weighted by Gasteiger charge is -2.33. The highest BCUT2D eigenvalue weighted by Gasteiger charge is 2.33. The van der Waals surface area contributed by atoms with Crippen LogP contribution in [0, 0.1) is 0 Å². The van der Waals surface area contributed by atoms with Gasteiger partial charge in [-0.05, 0) is 73.9 Å². The van der Waals surface area contributed by atoms with Crippen LogP contribution in [0.5, 0.6) is 5.75 Å². The Bertz CT molecular complexity index is 1330. The molecule has 0 spiro atoms. The molecule has 39 heavy (non-hydrogen) atoms. The highest BCUT2D eigenvalue weighted by atomic mass is 35.5. The fraction of sp³-hybridized carbons (Fsp3) is 0.310. The van der Waals surface area contributed by atoms with Crippen molar-refractivity contribution in [3.63, 3.8) is 0 Å². The number of ether oxygens (including phenoxy) is 1. The molecule has 1 atom stereocenters. The molecule has 0 fully saturated rings. The zero-order valence-electron chi connectivity index (χ0n) is 22.3. The van der Waals surface area contributed by atoms with Crippen molar-refractivity contribution in [1.29, 1.82) is 0 Å². The lowest BCUT2D eigenvalue weighted by molar-refractivity contribution is -0.139. The van der Waals surface area contributed by atoms with Gasteiger partial charge in [-0.1, -0.05) is 48.9 Å². The molecule has 0 aliphatic carbocycles. The van der Waals surface area contributed by atoms with E-state index in [9.17, 15) is 18.0 Å². The van der Waals surface area contributed by atoms with Gasteiger partial charge in [0, 0.05) is 18.6 Å². The average Bonchev–Trinajstić information content (AvgIpc) is 2.95. The molecule has 8 nitrogen and oxygen atoms in total. The number of nitrogens with one attached hydrogen (secondary N) is 1. The van der Waals surface area contributed by atoms with Crippen molar-refractivity contribution in [3.8, 4) is 5.75 Å². The van der Waals surface area contributed by atoms with Crippen LogP contribution in [-0.2, 0) is 26.0 Å². The van der Waals surface area contributed by atoms with Gasteiger partial charge in [0.15, 0.2) is 0 Å². The zero-order valence-corrected chi connectivity index (χ0v) is 23.9. The molecule has 3 rings (SSSR count). The molecule has 2 amide bonds. The SMILES string of the molecule is CCOc1ccc(N(CC(=O)N(CCc2ccccc2)[C@@H](CC)C(=O)NC)S(=O)(=O)c2ccc(Cl)cc2)cc1. The van der Waals surface area contributed by atoms with Crippen LogP contribution in [0.15, 0.2) is 83.8 Å². The number of anilines is 1. The monoisotopic (exact) mass is 571 g/mol. The Labute approximate surface area is 235 Å². The van der Waals surface area contributed by atoms with E-state index in [0.717, 1.165) is 9.87 Å². The number of hydrogen-bond donors (Lipinski definition) is 1. The Morgan fingerprint density at radius 1 is 0.949 bits per heavy atom. The van der Waals surface area contributed by atoms with Crippen LogP contribution < -0.4 is 14.4 Å². The molecule has 0 aliphatic heterocycles. The summed E-state index contributed by atoms with van der Waals surface area (Å²) in [4.78, 5) is 28.1. The number of halogens is 1. The van der Waals surface area contributed by atoms with E-state index in [1.165, 1.54) is 36.2 Å². The van der Waals surface area contributed by atoms with E-state index in [4.69, 9.17) is 16.3 Å². The van der Waals surface area contributed by atoms with Gasteiger partial charge in [0.05, 0.1) is 17.2 Å². The van der Waals surface area contributed by atoms with E-state index >= 15 is 0 Å². The topological polar surface area (TPSA) is 96.0 Å². The first-order valence-electron chi connectivity index (χ1n) is 12.8. The van der Waals surface area contributed by atoms with Crippen LogP contribution in [0.3, 0.4) is 0 Å². The van der Waals surface area contributed by atoms with Gasteiger partial charge in [0.1, 0.15) is 18.3 Å². The molecule has 1 N–H and O–H groups in total. The molecule has 0 aromatic heterocycles. The summed E-state index contributed by atoms with van der Waals surface area (Å²) in [6.07, 6.45) is 0.875. The summed E-state index contributed by atoms with van der Waals surface area (Å²) >= 11 is 5.99. The Balaban J connectivity index is 2.00. The summed E-state index contributed by atoms with van der Waals surface area (Å²) in [5.74, 6) is -0.230. The lowest BCUT2D eigenvalue weighted by Crippen LogP contribution is -2.52. The molecule has 0 saturated carbocycles. The number of sulfonamides is 1. The van der Waals surface area contributed by atoms with Crippen molar-refractivity contribution in [1.82, 2.24) is 10.2 Å². The second kappa shape index (κ2) is 14.0. The summed E-state index contributed by atoms with van der Waals surface area (Å²) < 4.78 is 34.2. The molecular formula is C29H34ClN3O5S. The zero-order chi connectivity index (χ0) is 28.4. The molecular weight excluding hydrogens is 538 g/mol. The quantitative estimate of drug-likeness (QED) is 0.325. The molecule has 208 valence electrons. The van der Waals surface area contributed by atoms with Crippen molar-refractivity contribution in [3.05, 3.63) is 89.4 Å². The molecule has 0 aliphatic rings. The van der Waals surface area contributed by atoms with E-state index in [-0.39, 0.29) is 23.0 Å². The molecule has 0 unspecified atom stereocenters. The van der Waals surface area contributed by atoms with Gasteiger partial charge in [-0.2, -0.15) is 0 Å². The van der Waals surface area contributed by atoms with Gasteiger partial charge in [-0.15, -0.1) is 0 Å². The predicted molar refractivity (Wildman–Crippen MR) is 154 cm³/mol. The van der Waals surface area contributed by atoms with Crippen molar-refractivity contribution < 1.29 is 22.7 Å². The molecule has 0 heterocycles. The normalized spacial score (nSPS) is 11.9. The second-order valence-electron chi connectivity index (χ2n) is 8.75. The summed E-state index contributed by atoms with van der Waals surface area (Å²) in [5, 5.41) is 3.01. The summed E-state index contributed by atoms with van der Waals surface area (Å²) in [7, 11) is -2.65. The third-order valence-corrected chi connectivity index (χ3v) is 8.27. The van der Waals surface area contributed by atoms with Crippen LogP contribution in [0.25, 0.3) is 0 Å². The first kappa shape index (κ1) is 30.0. The van der Waals surface area contributed by atoms with E-state index in [2.05, 4.69) is 5.32 Å². The van der Waals surface area contributed by atoms with Gasteiger partial charge < -0.3 is 15.0 Å². The van der Waals surface area contributed by atoms with E-state index in [1.807, 2.05) is 44.2 Å². The predicted octanol–water partition coefficient (Wildman–Crippen LogP) is 4.53. The molecule has 0 bridgehead atoms. The number of nitrogens with zero attached hydrogens (tertiary/aromatic N) is 2. The van der Waals surface area contributed by atoms with Gasteiger partial charge in [0.25, 0.3) is 10.0 Å². The summed E-state index contributed by atoms with van der Waals surface area (Å²) in [5.41, 5.74) is 1.29. The van der Waals surface area contributed by atoms with E-state index in [0.29, 0.717) is 30.2 Å². The number of likely N-dealkylation sites (N-methyl/N-ethyl adjacent to an activating group) is 1. The van der Waals surface area contributed by atoms with Crippen molar-refractivity contribution in [2.45, 2.75) is 37.6 Å². The molecule has 3 aromatic carbocycles. The Kier molecular flexibility index (Phi) is 10.8. The van der Waals surface area contributed by atoms with Crippen molar-refractivity contribution >= 4 is 39.1 Å². The maximum Gasteiger partial charge on any atom is 0.264 e. The average molecular weight is 572 g/mol. The number of amides is 2. The number of hydrogen-bond acceptors (Lipinski definition) is 5. The highest BCUT2D eigenvalue weighted by molar-refractivity contribution is 7.92. The van der Waals surface area contributed by atoms with Gasteiger partial charge in [-0.3, -0.25) is 13.9 Å². The minimum absolute atomic E-state index is 0.0113. The minimum Gasteiger partial charge on any atom is -0.494 e. The second-order valence-corrected chi connectivity index (χ2v) is 11.1. The number of carbonyl (C=O) groups is 2. The van der Waals surface area contributed by atoms with Gasteiger partial charge in [0.2, 0.25) is 11.8 Å². The first-order chi connectivity index (χ1) is 18.7. The van der Waals surface area contributed by atoms with Gasteiger partial charge >= 0.3 is 0 Å². The third kappa shape index (κ3) is 7.74. The number of carbonyl (C=O) groups excluding carboxylic acids is 2. The summed E-state index contributed by atoms with van der Waals surface area (Å²) in [6.45, 7) is 3.87. The van der Waals surface area contributed by atoms with Gasteiger partial charge in [-0.25, -0.2) is 8.42 Å². The van der Waals surface area contributed by atoms with Crippen LogP contribution >= 0.6 is 11.6 Å². The Morgan fingerprint density at radius 3 is 2.15 bits per heavy atom. The molecule has 0 saturated heterocycles. The largest absolute Gasteiger partial charge is 0.494 e. The van der Waals surface area contributed by atoms with Crippen molar-refractivity contribution in [2.75, 3.05) is 31.0 Å². The van der Waals surface area contributed by atoms with E-state index < -0.39 is 28.5 Å². The maximum absolute atomic E-state index is 13.9. The number of rotatable bonds is 13. The molecule has 10 heteroatoms. The van der Waals surface area contributed by atoms with Crippen LogP contribution in [0.4, 0.5) is 5.69 Å². The van der Waals surface area contributed by atoms with Crippen molar-refractivity contribution in [2.24, 2.45) is 0 Å². The fourth-order valence-electron chi connectivity index (χ4n) is 4.20.